The van der Waals surface area contributed by atoms with Crippen LogP contribution in [-0.2, 0) is 0 Å². The lowest BCUT2D eigenvalue weighted by Gasteiger charge is -2.26. The summed E-state index contributed by atoms with van der Waals surface area (Å²) in [7, 11) is 0. The summed E-state index contributed by atoms with van der Waals surface area (Å²) in [6, 6.07) is 14.5. The van der Waals surface area contributed by atoms with E-state index in [1.54, 1.807) is 18.2 Å². The molecule has 1 fully saturated rings. The molecule has 0 radical (unpaired) electrons. The highest BCUT2D eigenvalue weighted by Crippen LogP contribution is 2.16. The van der Waals surface area contributed by atoms with Gasteiger partial charge in [0.25, 0.3) is 11.8 Å². The fraction of sp³-hybridized carbons (Fsp3) is 0.286. The number of carbonyl (C=O) groups excluding carboxylic acids is 2. The maximum absolute atomic E-state index is 12.6. The van der Waals surface area contributed by atoms with Gasteiger partial charge in [0.05, 0.1) is 0 Å². The summed E-state index contributed by atoms with van der Waals surface area (Å²) in [5.74, 6) is -0.223. The van der Waals surface area contributed by atoms with Gasteiger partial charge in [0.1, 0.15) is 0 Å². The molecule has 0 atom stereocenters. The van der Waals surface area contributed by atoms with Gasteiger partial charge in [-0.25, -0.2) is 0 Å². The van der Waals surface area contributed by atoms with E-state index in [-0.39, 0.29) is 16.9 Å². The largest absolute Gasteiger partial charge is 0.339 e. The van der Waals surface area contributed by atoms with Crippen molar-refractivity contribution in [3.8, 4) is 0 Å². The Bertz CT molecular complexity index is 860. The first-order valence-electron chi connectivity index (χ1n) is 9.12. The SMILES string of the molecule is Cc1ccccc1C(=O)NC(=S)Nc1cccc(C(=O)N2CCCCC2)c1. The summed E-state index contributed by atoms with van der Waals surface area (Å²) < 4.78 is 0. The van der Waals surface area contributed by atoms with Gasteiger partial charge in [-0.1, -0.05) is 24.3 Å². The molecule has 0 unspecified atom stereocenters. The average molecular weight is 382 g/mol. The van der Waals surface area contributed by atoms with Crippen LogP contribution < -0.4 is 10.6 Å². The van der Waals surface area contributed by atoms with Crippen molar-refractivity contribution in [1.82, 2.24) is 10.2 Å². The number of rotatable bonds is 3. The van der Waals surface area contributed by atoms with E-state index < -0.39 is 0 Å². The van der Waals surface area contributed by atoms with Gasteiger partial charge < -0.3 is 10.2 Å². The van der Waals surface area contributed by atoms with Crippen LogP contribution in [0.4, 0.5) is 5.69 Å². The zero-order chi connectivity index (χ0) is 19.2. The lowest BCUT2D eigenvalue weighted by Crippen LogP contribution is -2.36. The predicted molar refractivity (Wildman–Crippen MR) is 111 cm³/mol. The van der Waals surface area contributed by atoms with Gasteiger partial charge in [-0.2, -0.15) is 0 Å². The van der Waals surface area contributed by atoms with E-state index in [1.807, 2.05) is 42.2 Å². The minimum atomic E-state index is -0.258. The number of benzene rings is 2. The van der Waals surface area contributed by atoms with Crippen molar-refractivity contribution < 1.29 is 9.59 Å². The standard InChI is InChI=1S/C21H23N3O2S/c1-15-8-3-4-11-18(15)19(25)23-21(27)22-17-10-7-9-16(14-17)20(26)24-12-5-2-6-13-24/h3-4,7-11,14H,2,5-6,12-13H2,1H3,(H2,22,23,25,27). The molecule has 0 spiro atoms. The van der Waals surface area contributed by atoms with Gasteiger partial charge in [-0.15, -0.1) is 0 Å². The summed E-state index contributed by atoms with van der Waals surface area (Å²) >= 11 is 5.25. The molecule has 0 bridgehead atoms. The third-order valence-corrected chi connectivity index (χ3v) is 4.83. The van der Waals surface area contributed by atoms with Crippen molar-refractivity contribution in [2.75, 3.05) is 18.4 Å². The molecule has 2 amide bonds. The second kappa shape index (κ2) is 8.77. The Morgan fingerprint density at radius 1 is 1.00 bits per heavy atom. The van der Waals surface area contributed by atoms with Crippen LogP contribution in [-0.4, -0.2) is 34.9 Å². The van der Waals surface area contributed by atoms with E-state index >= 15 is 0 Å². The first-order chi connectivity index (χ1) is 13.0. The highest BCUT2D eigenvalue weighted by molar-refractivity contribution is 7.80. The van der Waals surface area contributed by atoms with Crippen LogP contribution in [0.1, 0.15) is 45.5 Å². The monoisotopic (exact) mass is 381 g/mol. The quantitative estimate of drug-likeness (QED) is 0.795. The molecule has 0 aromatic heterocycles. The minimum Gasteiger partial charge on any atom is -0.339 e. The molecule has 1 saturated heterocycles. The van der Waals surface area contributed by atoms with E-state index in [4.69, 9.17) is 12.2 Å². The molecule has 2 aromatic carbocycles. The van der Waals surface area contributed by atoms with Crippen molar-refractivity contribution in [2.45, 2.75) is 26.2 Å². The Kier molecular flexibility index (Phi) is 6.19. The van der Waals surface area contributed by atoms with Gasteiger partial charge in [-0.3, -0.25) is 14.9 Å². The third kappa shape index (κ3) is 4.92. The molecule has 1 aliphatic heterocycles. The molecule has 27 heavy (non-hydrogen) atoms. The Morgan fingerprint density at radius 3 is 2.48 bits per heavy atom. The van der Waals surface area contributed by atoms with Crippen molar-refractivity contribution in [2.24, 2.45) is 0 Å². The van der Waals surface area contributed by atoms with Gasteiger partial charge in [0.15, 0.2) is 5.11 Å². The third-order valence-electron chi connectivity index (χ3n) is 4.63. The summed E-state index contributed by atoms with van der Waals surface area (Å²) in [5.41, 5.74) is 2.76. The lowest BCUT2D eigenvalue weighted by molar-refractivity contribution is 0.0724. The number of amides is 2. The van der Waals surface area contributed by atoms with Crippen LogP contribution in [0.2, 0.25) is 0 Å². The number of carbonyl (C=O) groups is 2. The first-order valence-corrected chi connectivity index (χ1v) is 9.53. The van der Waals surface area contributed by atoms with E-state index in [0.717, 1.165) is 31.5 Å². The van der Waals surface area contributed by atoms with Gasteiger partial charge in [0.2, 0.25) is 0 Å². The Balaban J connectivity index is 1.63. The summed E-state index contributed by atoms with van der Waals surface area (Å²) in [6.45, 7) is 3.49. The topological polar surface area (TPSA) is 61.4 Å². The van der Waals surface area contributed by atoms with Crippen LogP contribution >= 0.6 is 12.2 Å². The highest BCUT2D eigenvalue weighted by Gasteiger charge is 2.18. The van der Waals surface area contributed by atoms with E-state index in [0.29, 0.717) is 16.8 Å². The number of nitrogens with one attached hydrogen (secondary N) is 2. The molecule has 5 nitrogen and oxygen atoms in total. The predicted octanol–water partition coefficient (Wildman–Crippen LogP) is 3.75. The molecule has 2 aromatic rings. The minimum absolute atomic E-state index is 0.0354. The van der Waals surface area contributed by atoms with E-state index in [9.17, 15) is 9.59 Å². The zero-order valence-corrected chi connectivity index (χ0v) is 16.1. The second-order valence-corrected chi connectivity index (χ2v) is 7.07. The van der Waals surface area contributed by atoms with Crippen LogP contribution in [0.25, 0.3) is 0 Å². The van der Waals surface area contributed by atoms with Crippen LogP contribution in [0.5, 0.6) is 0 Å². The number of aryl methyl sites for hydroxylation is 1. The second-order valence-electron chi connectivity index (χ2n) is 6.66. The molecule has 1 aliphatic rings. The van der Waals surface area contributed by atoms with Crippen LogP contribution in [0.3, 0.4) is 0 Å². The fourth-order valence-electron chi connectivity index (χ4n) is 3.17. The Labute approximate surface area is 164 Å². The van der Waals surface area contributed by atoms with E-state index in [1.165, 1.54) is 6.42 Å². The van der Waals surface area contributed by atoms with Crippen molar-refractivity contribution in [3.05, 3.63) is 65.2 Å². The number of nitrogens with zero attached hydrogens (tertiary/aromatic N) is 1. The average Bonchev–Trinajstić information content (AvgIpc) is 2.68. The van der Waals surface area contributed by atoms with E-state index in [2.05, 4.69) is 10.6 Å². The number of piperidine rings is 1. The smallest absolute Gasteiger partial charge is 0.257 e. The van der Waals surface area contributed by atoms with Gasteiger partial charge >= 0.3 is 0 Å². The molecular formula is C21H23N3O2S. The highest BCUT2D eigenvalue weighted by atomic mass is 32.1. The molecule has 140 valence electrons. The van der Waals surface area contributed by atoms with Crippen LogP contribution in [0.15, 0.2) is 48.5 Å². The van der Waals surface area contributed by atoms with Crippen molar-refractivity contribution in [1.29, 1.82) is 0 Å². The Morgan fingerprint density at radius 2 is 1.74 bits per heavy atom. The molecule has 3 rings (SSSR count). The summed E-state index contributed by atoms with van der Waals surface area (Å²) in [6.07, 6.45) is 3.29. The van der Waals surface area contributed by atoms with Crippen molar-refractivity contribution in [3.63, 3.8) is 0 Å². The lowest BCUT2D eigenvalue weighted by atomic mass is 10.1. The number of anilines is 1. The normalized spacial score (nSPS) is 13.7. The van der Waals surface area contributed by atoms with Crippen LogP contribution in [0, 0.1) is 6.92 Å². The molecule has 6 heteroatoms. The number of thiocarbonyl (C=S) groups is 1. The summed E-state index contributed by atoms with van der Waals surface area (Å²) in [4.78, 5) is 26.9. The maximum Gasteiger partial charge on any atom is 0.257 e. The zero-order valence-electron chi connectivity index (χ0n) is 15.3. The number of hydrogen-bond acceptors (Lipinski definition) is 3. The molecule has 0 aliphatic carbocycles. The summed E-state index contributed by atoms with van der Waals surface area (Å²) in [5, 5.41) is 5.87. The molecular weight excluding hydrogens is 358 g/mol. The molecule has 1 heterocycles. The Hall–Kier alpha value is -2.73. The van der Waals surface area contributed by atoms with Crippen molar-refractivity contribution >= 4 is 34.8 Å². The van der Waals surface area contributed by atoms with Gasteiger partial charge in [0, 0.05) is 29.9 Å². The fourth-order valence-corrected chi connectivity index (χ4v) is 3.38. The number of likely N-dealkylation sites (tertiary alicyclic amines) is 1. The maximum atomic E-state index is 12.6. The number of hydrogen-bond donors (Lipinski definition) is 2. The molecule has 2 N–H and O–H groups in total. The molecule has 0 saturated carbocycles. The first kappa shape index (κ1) is 19.0. The van der Waals surface area contributed by atoms with Gasteiger partial charge in [-0.05, 0) is 68.2 Å².